The molecule has 2 aromatic carbocycles. The molecule has 0 heterocycles. The lowest BCUT2D eigenvalue weighted by atomic mass is 10.1. The Labute approximate surface area is 77.4 Å². The third-order valence-electron chi connectivity index (χ3n) is 2.03. The first-order chi connectivity index (χ1) is 6.81. The van der Waals surface area contributed by atoms with Gasteiger partial charge in [0.05, 0.1) is 0 Å². The second kappa shape index (κ2) is 2.90. The summed E-state index contributed by atoms with van der Waals surface area (Å²) < 4.78 is 6.71. The van der Waals surface area contributed by atoms with Crippen LogP contribution < -0.4 is 0 Å². The van der Waals surface area contributed by atoms with Crippen molar-refractivity contribution in [1.82, 2.24) is 0 Å². The van der Waals surface area contributed by atoms with Crippen molar-refractivity contribution in [3.63, 3.8) is 0 Å². The maximum absolute atomic E-state index is 9.52. The predicted octanol–water partition coefficient (Wildman–Crippen LogP) is 2.54. The number of benzene rings is 2. The molecule has 13 heavy (non-hydrogen) atoms. The minimum Gasteiger partial charge on any atom is -0.507 e. The Kier molecular flexibility index (Phi) is 1.49. The van der Waals surface area contributed by atoms with Gasteiger partial charge in [-0.25, -0.2) is 0 Å². The van der Waals surface area contributed by atoms with Gasteiger partial charge in [-0.05, 0) is 23.1 Å². The second-order valence-corrected chi connectivity index (χ2v) is 2.89. The molecule has 0 aliphatic rings. The standard InChI is InChI=1S/C11H9NO/c12-7-8-4-5-10-9(6-8)2-1-3-11(10)13/h1-7,12-13H/i/hD. The predicted molar refractivity (Wildman–Crippen MR) is 53.5 cm³/mol. The van der Waals surface area contributed by atoms with Crippen molar-refractivity contribution < 1.29 is 6.52 Å². The molecule has 0 spiro atoms. The quantitative estimate of drug-likeness (QED) is 0.638. The molecule has 64 valence electrons. The number of aromatic hydroxyl groups is 1. The zero-order valence-electron chi connectivity index (χ0n) is 7.94. The van der Waals surface area contributed by atoms with Gasteiger partial charge in [-0.2, -0.15) is 0 Å². The Morgan fingerprint density at radius 2 is 2.23 bits per heavy atom. The smallest absolute Gasteiger partial charge is 0.187 e. The van der Waals surface area contributed by atoms with Gasteiger partial charge < -0.3 is 10.5 Å². The Hall–Kier alpha value is -1.83. The molecule has 0 aliphatic heterocycles. The molecule has 2 nitrogen and oxygen atoms in total. The lowest BCUT2D eigenvalue weighted by Crippen LogP contribution is -1.79. The van der Waals surface area contributed by atoms with Crippen LogP contribution in [0.3, 0.4) is 0 Å². The van der Waals surface area contributed by atoms with Gasteiger partial charge in [-0.15, -0.1) is 0 Å². The minimum absolute atomic E-state index is 0.275. The molecule has 0 amide bonds. The first-order valence-corrected chi connectivity index (χ1v) is 4.00. The van der Waals surface area contributed by atoms with Crippen molar-refractivity contribution in [2.45, 2.75) is 0 Å². The van der Waals surface area contributed by atoms with Gasteiger partial charge in [-0.3, -0.25) is 0 Å². The molecule has 2 rings (SSSR count). The zero-order valence-corrected chi connectivity index (χ0v) is 6.94. The lowest BCUT2D eigenvalue weighted by Gasteiger charge is -2.00. The van der Waals surface area contributed by atoms with E-state index in [9.17, 15) is 5.11 Å². The van der Waals surface area contributed by atoms with Gasteiger partial charge in [0.25, 0.3) is 0 Å². The molecule has 0 unspecified atom stereocenters. The van der Waals surface area contributed by atoms with Gasteiger partial charge in [-0.1, -0.05) is 24.3 Å². The maximum atomic E-state index is 9.52. The Balaban J connectivity index is 2.67. The van der Waals surface area contributed by atoms with Crippen molar-refractivity contribution in [2.24, 2.45) is 0 Å². The third-order valence-corrected chi connectivity index (χ3v) is 2.03. The highest BCUT2D eigenvalue weighted by atomic mass is 16.3. The van der Waals surface area contributed by atoms with E-state index in [2.05, 4.69) is 5.40 Å². The van der Waals surface area contributed by atoms with Gasteiger partial charge >= 0.3 is 0 Å². The summed E-state index contributed by atoms with van der Waals surface area (Å²) in [6.45, 7) is 0. The highest BCUT2D eigenvalue weighted by molar-refractivity contribution is 5.92. The maximum Gasteiger partial charge on any atom is 0.187 e. The van der Waals surface area contributed by atoms with E-state index >= 15 is 0 Å². The third kappa shape index (κ3) is 1.26. The van der Waals surface area contributed by atoms with Crippen LogP contribution in [-0.2, 0) is 0 Å². The molecule has 0 aromatic heterocycles. The fourth-order valence-corrected chi connectivity index (χ4v) is 1.37. The van der Waals surface area contributed by atoms with Crippen molar-refractivity contribution >= 4 is 17.0 Å². The van der Waals surface area contributed by atoms with Crippen LogP contribution in [0, 0.1) is 5.40 Å². The number of phenolic OH excluding ortho intramolecular Hbond substituents is 1. The van der Waals surface area contributed by atoms with Crippen LogP contribution in [0.15, 0.2) is 36.4 Å². The monoisotopic (exact) mass is 172 g/mol. The van der Waals surface area contributed by atoms with Crippen molar-refractivity contribution in [1.29, 1.82) is 5.40 Å². The van der Waals surface area contributed by atoms with E-state index < -0.39 is 0 Å². The Morgan fingerprint density at radius 3 is 3.08 bits per heavy atom. The molecule has 2 aromatic rings. The summed E-state index contributed by atoms with van der Waals surface area (Å²) in [6, 6.07) is 10.9. The average molecular weight is 172 g/mol. The summed E-state index contributed by atoms with van der Waals surface area (Å²) in [6.07, 6.45) is 1.46. The van der Waals surface area contributed by atoms with Gasteiger partial charge in [0.15, 0.2) is 1.41 Å². The van der Waals surface area contributed by atoms with E-state index in [1.54, 1.807) is 12.1 Å². The highest BCUT2D eigenvalue weighted by Gasteiger charge is 1.98. The van der Waals surface area contributed by atoms with Gasteiger partial charge in [0.1, 0.15) is 5.75 Å². The molecule has 0 saturated carbocycles. The minimum atomic E-state index is 0.275. The number of phenols is 1. The van der Waals surface area contributed by atoms with Crippen LogP contribution in [0.5, 0.6) is 5.75 Å². The molecule has 0 aliphatic carbocycles. The van der Waals surface area contributed by atoms with Crippen molar-refractivity contribution in [2.75, 3.05) is 0 Å². The van der Waals surface area contributed by atoms with Gasteiger partial charge in [0, 0.05) is 11.6 Å². The number of rotatable bonds is 1. The van der Waals surface area contributed by atoms with E-state index in [1.807, 2.05) is 24.3 Å². The average Bonchev–Trinajstić information content (AvgIpc) is 2.18. The molecule has 0 bridgehead atoms. The van der Waals surface area contributed by atoms with Crippen molar-refractivity contribution in [3.8, 4) is 5.75 Å². The molecule has 0 radical (unpaired) electrons. The van der Waals surface area contributed by atoms with Crippen LogP contribution in [-0.4, -0.2) is 11.3 Å². The van der Waals surface area contributed by atoms with E-state index in [1.165, 1.54) is 6.21 Å². The molecular weight excluding hydrogens is 162 g/mol. The van der Waals surface area contributed by atoms with Crippen molar-refractivity contribution in [3.05, 3.63) is 42.0 Å². The van der Waals surface area contributed by atoms with E-state index in [-0.39, 0.29) is 5.75 Å². The Morgan fingerprint density at radius 1 is 1.31 bits per heavy atom. The topological polar surface area (TPSA) is 44.1 Å². The highest BCUT2D eigenvalue weighted by Crippen LogP contribution is 2.24. The van der Waals surface area contributed by atoms with Crippen LogP contribution in [0.4, 0.5) is 0 Å². The van der Waals surface area contributed by atoms with Crippen LogP contribution in [0.1, 0.15) is 5.56 Å². The lowest BCUT2D eigenvalue weighted by molar-refractivity contribution is 0.481. The normalized spacial score (nSPS) is 12.2. The summed E-state index contributed by atoms with van der Waals surface area (Å²) in [5.41, 5.74) is 0.859. The van der Waals surface area contributed by atoms with E-state index in [0.29, 0.717) is 0 Å². The number of hydrogen-bond donors (Lipinski definition) is 2. The zero-order chi connectivity index (χ0) is 9.97. The summed E-state index contributed by atoms with van der Waals surface area (Å²) >= 11 is 0. The first kappa shape index (κ1) is 6.66. The Bertz CT molecular complexity index is 494. The summed E-state index contributed by atoms with van der Waals surface area (Å²) in [5, 5.41) is 14.5. The van der Waals surface area contributed by atoms with Gasteiger partial charge in [0.2, 0.25) is 0 Å². The van der Waals surface area contributed by atoms with E-state index in [4.69, 9.17) is 1.41 Å². The molecule has 0 saturated heterocycles. The van der Waals surface area contributed by atoms with E-state index in [0.717, 1.165) is 16.3 Å². The number of nitrogens with one attached hydrogen (secondary N) is 1. The van der Waals surface area contributed by atoms with Crippen LogP contribution in [0.2, 0.25) is 1.41 Å². The SMILES string of the molecule is [2H]N=Cc1ccc2c(O)cccc2c1. The number of hydrogen-bond acceptors (Lipinski definition) is 2. The molecular formula is C11H9NO. The largest absolute Gasteiger partial charge is 0.507 e. The van der Waals surface area contributed by atoms with Crippen LogP contribution >= 0.6 is 0 Å². The first-order valence-electron chi connectivity index (χ1n) is 4.45. The molecule has 2 heteroatoms. The summed E-state index contributed by atoms with van der Waals surface area (Å²) in [7, 11) is 0. The van der Waals surface area contributed by atoms with Crippen LogP contribution in [0.25, 0.3) is 10.8 Å². The molecule has 0 atom stereocenters. The molecule has 2 N–H and O–H groups in total. The molecule has 0 fully saturated rings. The summed E-state index contributed by atoms with van der Waals surface area (Å²) in [5.74, 6) is 0.275. The fraction of sp³-hybridized carbons (Fsp3) is 0. The fourth-order valence-electron chi connectivity index (χ4n) is 1.37. The number of fused-ring (bicyclic) bond motifs is 1. The second-order valence-electron chi connectivity index (χ2n) is 2.89. The summed E-state index contributed by atoms with van der Waals surface area (Å²) in [4.78, 5) is 0.